The van der Waals surface area contributed by atoms with Gasteiger partial charge in [-0.25, -0.2) is 13.6 Å². The second kappa shape index (κ2) is 4.96. The molecular formula is C14H10F2O2. The Balaban J connectivity index is 2.34. The maximum atomic E-state index is 13.5. The fourth-order valence-corrected chi connectivity index (χ4v) is 1.67. The Morgan fingerprint density at radius 2 is 1.67 bits per heavy atom. The van der Waals surface area contributed by atoms with E-state index in [1.807, 2.05) is 0 Å². The highest BCUT2D eigenvalue weighted by Crippen LogP contribution is 2.25. The van der Waals surface area contributed by atoms with Gasteiger partial charge in [0.25, 0.3) is 0 Å². The Labute approximate surface area is 103 Å². The molecule has 0 radical (unpaired) electrons. The summed E-state index contributed by atoms with van der Waals surface area (Å²) in [4.78, 5) is 10.5. The smallest absolute Gasteiger partial charge is 0.343 e. The molecule has 4 heteroatoms. The van der Waals surface area contributed by atoms with E-state index in [0.717, 1.165) is 0 Å². The van der Waals surface area contributed by atoms with Gasteiger partial charge in [0.2, 0.25) is 6.17 Å². The summed E-state index contributed by atoms with van der Waals surface area (Å²) in [5, 5.41) is 8.53. The van der Waals surface area contributed by atoms with Gasteiger partial charge in [0.05, 0.1) is 0 Å². The maximum Gasteiger partial charge on any atom is 0.343 e. The van der Waals surface area contributed by atoms with E-state index >= 15 is 0 Å². The summed E-state index contributed by atoms with van der Waals surface area (Å²) in [5.41, 5.74) is 1.02. The van der Waals surface area contributed by atoms with Crippen LogP contribution in [0.3, 0.4) is 0 Å². The van der Waals surface area contributed by atoms with Crippen LogP contribution in [0.2, 0.25) is 0 Å². The molecule has 0 aliphatic heterocycles. The Bertz CT molecular complexity index is 564. The van der Waals surface area contributed by atoms with Crippen LogP contribution in [-0.2, 0) is 4.79 Å². The summed E-state index contributed by atoms with van der Waals surface area (Å²) in [6, 6.07) is 11.9. The van der Waals surface area contributed by atoms with Gasteiger partial charge in [-0.3, -0.25) is 0 Å². The highest BCUT2D eigenvalue weighted by Gasteiger charge is 2.18. The number of carboxylic acid groups (broad SMARTS) is 1. The molecule has 92 valence electrons. The third kappa shape index (κ3) is 2.37. The summed E-state index contributed by atoms with van der Waals surface area (Å²) >= 11 is 0. The van der Waals surface area contributed by atoms with Crippen LogP contribution in [0.4, 0.5) is 8.78 Å². The van der Waals surface area contributed by atoms with Crippen molar-refractivity contribution in [3.8, 4) is 11.1 Å². The van der Waals surface area contributed by atoms with Crippen molar-refractivity contribution < 1.29 is 18.7 Å². The lowest BCUT2D eigenvalue weighted by Gasteiger charge is -2.06. The summed E-state index contributed by atoms with van der Waals surface area (Å²) in [7, 11) is 0. The fraction of sp³-hybridized carbons (Fsp3) is 0.0714. The molecule has 0 amide bonds. The zero-order chi connectivity index (χ0) is 13.1. The van der Waals surface area contributed by atoms with Gasteiger partial charge in [-0.1, -0.05) is 42.5 Å². The zero-order valence-electron chi connectivity index (χ0n) is 9.31. The maximum absolute atomic E-state index is 13.5. The van der Waals surface area contributed by atoms with E-state index in [4.69, 9.17) is 5.11 Å². The van der Waals surface area contributed by atoms with Gasteiger partial charge in [-0.2, -0.15) is 0 Å². The van der Waals surface area contributed by atoms with Crippen molar-refractivity contribution in [3.63, 3.8) is 0 Å². The van der Waals surface area contributed by atoms with E-state index in [1.165, 1.54) is 30.3 Å². The van der Waals surface area contributed by atoms with Crippen molar-refractivity contribution in [1.29, 1.82) is 0 Å². The first-order chi connectivity index (χ1) is 8.59. The molecule has 18 heavy (non-hydrogen) atoms. The average molecular weight is 248 g/mol. The topological polar surface area (TPSA) is 37.3 Å². The monoisotopic (exact) mass is 248 g/mol. The average Bonchev–Trinajstić information content (AvgIpc) is 2.38. The molecule has 0 spiro atoms. The van der Waals surface area contributed by atoms with Crippen molar-refractivity contribution in [2.45, 2.75) is 6.17 Å². The molecule has 0 bridgehead atoms. The van der Waals surface area contributed by atoms with Gasteiger partial charge >= 0.3 is 5.97 Å². The van der Waals surface area contributed by atoms with Crippen LogP contribution in [-0.4, -0.2) is 11.1 Å². The molecule has 2 aromatic carbocycles. The number of hydrogen-bond donors (Lipinski definition) is 1. The van der Waals surface area contributed by atoms with E-state index in [1.54, 1.807) is 18.2 Å². The van der Waals surface area contributed by atoms with Crippen LogP contribution in [0.15, 0.2) is 48.5 Å². The predicted molar refractivity (Wildman–Crippen MR) is 63.3 cm³/mol. The molecule has 0 saturated heterocycles. The molecule has 2 rings (SSSR count). The van der Waals surface area contributed by atoms with Crippen molar-refractivity contribution in [2.75, 3.05) is 0 Å². The van der Waals surface area contributed by atoms with Crippen LogP contribution >= 0.6 is 0 Å². The Kier molecular flexibility index (Phi) is 3.37. The lowest BCUT2D eigenvalue weighted by molar-refractivity contribution is -0.143. The summed E-state index contributed by atoms with van der Waals surface area (Å²) in [6.45, 7) is 0. The van der Waals surface area contributed by atoms with Crippen molar-refractivity contribution >= 4 is 5.97 Å². The Morgan fingerprint density at radius 3 is 2.22 bits per heavy atom. The second-order valence-electron chi connectivity index (χ2n) is 3.80. The van der Waals surface area contributed by atoms with E-state index in [0.29, 0.717) is 11.1 Å². The zero-order valence-corrected chi connectivity index (χ0v) is 9.31. The van der Waals surface area contributed by atoms with E-state index in [2.05, 4.69) is 0 Å². The number of carbonyl (C=O) groups is 1. The van der Waals surface area contributed by atoms with Crippen LogP contribution in [0.25, 0.3) is 11.1 Å². The van der Waals surface area contributed by atoms with Gasteiger partial charge in [-0.05, 0) is 17.2 Å². The molecular weight excluding hydrogens is 238 g/mol. The van der Waals surface area contributed by atoms with Crippen molar-refractivity contribution in [2.24, 2.45) is 0 Å². The standard InChI is InChI=1S/C14H10F2O2/c15-12-4-2-1-3-11(12)9-5-7-10(8-6-9)13(16)14(17)18/h1-8,13H,(H,17,18). The summed E-state index contributed by atoms with van der Waals surface area (Å²) < 4.78 is 26.7. The normalized spacial score (nSPS) is 12.1. The van der Waals surface area contributed by atoms with E-state index < -0.39 is 12.1 Å². The van der Waals surface area contributed by atoms with Crippen molar-refractivity contribution in [3.05, 3.63) is 59.9 Å². The molecule has 0 aliphatic carbocycles. The summed E-state index contributed by atoms with van der Waals surface area (Å²) in [5.74, 6) is -1.91. The Hall–Kier alpha value is -2.23. The molecule has 0 heterocycles. The van der Waals surface area contributed by atoms with E-state index in [-0.39, 0.29) is 11.4 Å². The first-order valence-corrected chi connectivity index (χ1v) is 5.31. The fourth-order valence-electron chi connectivity index (χ4n) is 1.67. The van der Waals surface area contributed by atoms with Crippen LogP contribution in [0.5, 0.6) is 0 Å². The quantitative estimate of drug-likeness (QED) is 0.901. The lowest BCUT2D eigenvalue weighted by Crippen LogP contribution is -2.05. The number of benzene rings is 2. The molecule has 1 atom stereocenters. The Morgan fingerprint density at radius 1 is 1.06 bits per heavy atom. The number of halogens is 2. The first-order valence-electron chi connectivity index (χ1n) is 5.31. The van der Waals surface area contributed by atoms with Gasteiger partial charge in [0, 0.05) is 5.56 Å². The molecule has 1 unspecified atom stereocenters. The van der Waals surface area contributed by atoms with Crippen molar-refractivity contribution in [1.82, 2.24) is 0 Å². The number of alkyl halides is 1. The number of hydrogen-bond acceptors (Lipinski definition) is 1. The molecule has 0 saturated carbocycles. The second-order valence-corrected chi connectivity index (χ2v) is 3.80. The van der Waals surface area contributed by atoms with Crippen LogP contribution in [0, 0.1) is 5.82 Å². The third-order valence-corrected chi connectivity index (χ3v) is 2.61. The van der Waals surface area contributed by atoms with E-state index in [9.17, 15) is 13.6 Å². The molecule has 2 nitrogen and oxygen atoms in total. The van der Waals surface area contributed by atoms with Crippen LogP contribution in [0.1, 0.15) is 11.7 Å². The SMILES string of the molecule is O=C(O)C(F)c1ccc(-c2ccccc2F)cc1. The third-order valence-electron chi connectivity index (χ3n) is 2.61. The number of carboxylic acids is 1. The minimum atomic E-state index is -2.06. The molecule has 1 N–H and O–H groups in total. The summed E-state index contributed by atoms with van der Waals surface area (Å²) in [6.07, 6.45) is -2.06. The molecule has 2 aromatic rings. The largest absolute Gasteiger partial charge is 0.479 e. The van der Waals surface area contributed by atoms with Gasteiger partial charge in [-0.15, -0.1) is 0 Å². The minimum Gasteiger partial charge on any atom is -0.479 e. The molecule has 0 aliphatic rings. The molecule has 0 aromatic heterocycles. The van der Waals surface area contributed by atoms with Gasteiger partial charge in [0.15, 0.2) is 0 Å². The van der Waals surface area contributed by atoms with Crippen LogP contribution < -0.4 is 0 Å². The van der Waals surface area contributed by atoms with Gasteiger partial charge in [0.1, 0.15) is 5.82 Å². The lowest BCUT2D eigenvalue weighted by atomic mass is 10.0. The van der Waals surface area contributed by atoms with Gasteiger partial charge < -0.3 is 5.11 Å². The highest BCUT2D eigenvalue weighted by molar-refractivity contribution is 5.75. The minimum absolute atomic E-state index is 0.0441. The molecule has 0 fully saturated rings. The highest BCUT2D eigenvalue weighted by atomic mass is 19.1. The number of rotatable bonds is 3. The predicted octanol–water partition coefficient (Wildman–Crippen LogP) is 3.59. The number of aliphatic carboxylic acids is 1. The first kappa shape index (κ1) is 12.2.